The first kappa shape index (κ1) is 21.5. The number of thiazole rings is 1. The molecule has 4 aromatic rings. The van der Waals surface area contributed by atoms with E-state index in [-0.39, 0.29) is 12.3 Å². The topological polar surface area (TPSA) is 72.1 Å². The van der Waals surface area contributed by atoms with Crippen molar-refractivity contribution in [2.45, 2.75) is 52.0 Å². The molecule has 0 N–H and O–H groups in total. The van der Waals surface area contributed by atoms with E-state index in [9.17, 15) is 4.79 Å². The zero-order chi connectivity index (χ0) is 22.6. The SMILES string of the molecule is Cc1ccc(-c2nnc(CCC(=O)N(Cc3ccccc3)c3nc4c(s3)CCCC4)o2)cc1. The Labute approximate surface area is 197 Å². The van der Waals surface area contributed by atoms with Crippen molar-refractivity contribution in [1.82, 2.24) is 15.2 Å². The Kier molecular flexibility index (Phi) is 6.30. The van der Waals surface area contributed by atoms with Crippen LogP contribution in [0.3, 0.4) is 0 Å². The van der Waals surface area contributed by atoms with Gasteiger partial charge in [-0.1, -0.05) is 48.0 Å². The number of carbonyl (C=O) groups is 1. The summed E-state index contributed by atoms with van der Waals surface area (Å²) in [6, 6.07) is 18.0. The highest BCUT2D eigenvalue weighted by Crippen LogP contribution is 2.33. The predicted octanol–water partition coefficient (Wildman–Crippen LogP) is 5.55. The fourth-order valence-corrected chi connectivity index (χ4v) is 5.16. The minimum Gasteiger partial charge on any atom is -0.421 e. The lowest BCUT2D eigenvalue weighted by atomic mass is 10.0. The number of aromatic nitrogens is 3. The molecule has 0 atom stereocenters. The minimum absolute atomic E-state index is 0.0139. The maximum Gasteiger partial charge on any atom is 0.247 e. The largest absolute Gasteiger partial charge is 0.421 e. The fourth-order valence-electron chi connectivity index (χ4n) is 4.00. The van der Waals surface area contributed by atoms with Crippen molar-refractivity contribution in [3.05, 3.63) is 82.2 Å². The van der Waals surface area contributed by atoms with Crippen LogP contribution in [0.5, 0.6) is 0 Å². The molecule has 0 spiro atoms. The molecule has 7 heteroatoms. The summed E-state index contributed by atoms with van der Waals surface area (Å²) in [4.78, 5) is 21.3. The van der Waals surface area contributed by atoms with Crippen LogP contribution in [-0.4, -0.2) is 21.1 Å². The summed E-state index contributed by atoms with van der Waals surface area (Å²) in [6.07, 6.45) is 5.11. The van der Waals surface area contributed by atoms with E-state index in [1.807, 2.05) is 66.4 Å². The van der Waals surface area contributed by atoms with Crippen LogP contribution in [0.25, 0.3) is 11.5 Å². The fraction of sp³-hybridized carbons (Fsp3) is 0.308. The van der Waals surface area contributed by atoms with Gasteiger partial charge < -0.3 is 4.42 Å². The lowest BCUT2D eigenvalue weighted by molar-refractivity contribution is -0.118. The minimum atomic E-state index is 0.0139. The first-order valence-corrected chi connectivity index (χ1v) is 12.2. The van der Waals surface area contributed by atoms with E-state index >= 15 is 0 Å². The third-order valence-corrected chi connectivity index (χ3v) is 7.05. The van der Waals surface area contributed by atoms with Crippen molar-refractivity contribution in [2.24, 2.45) is 0 Å². The van der Waals surface area contributed by atoms with Crippen LogP contribution in [0.1, 0.15) is 46.9 Å². The van der Waals surface area contributed by atoms with Crippen LogP contribution < -0.4 is 4.90 Å². The van der Waals surface area contributed by atoms with Gasteiger partial charge >= 0.3 is 0 Å². The van der Waals surface area contributed by atoms with E-state index in [1.165, 1.54) is 23.3 Å². The quantitative estimate of drug-likeness (QED) is 0.363. The summed E-state index contributed by atoms with van der Waals surface area (Å²) in [5, 5.41) is 9.11. The monoisotopic (exact) mass is 458 g/mol. The van der Waals surface area contributed by atoms with Crippen LogP contribution in [0.15, 0.2) is 59.0 Å². The Morgan fingerprint density at radius 1 is 1.03 bits per heavy atom. The molecule has 0 fully saturated rings. The number of carbonyl (C=O) groups excluding carboxylic acids is 1. The molecule has 0 saturated heterocycles. The van der Waals surface area contributed by atoms with Gasteiger partial charge in [-0.25, -0.2) is 4.98 Å². The number of hydrogen-bond donors (Lipinski definition) is 0. The number of aryl methyl sites for hydroxylation is 4. The molecule has 168 valence electrons. The second kappa shape index (κ2) is 9.67. The van der Waals surface area contributed by atoms with Gasteiger partial charge in [-0.05, 0) is 50.3 Å². The molecule has 0 unspecified atom stereocenters. The number of amides is 1. The molecule has 1 aliphatic rings. The Morgan fingerprint density at radius 3 is 2.61 bits per heavy atom. The highest BCUT2D eigenvalue weighted by molar-refractivity contribution is 7.15. The molecule has 1 aliphatic carbocycles. The summed E-state index contributed by atoms with van der Waals surface area (Å²) in [7, 11) is 0. The maximum absolute atomic E-state index is 13.4. The van der Waals surface area contributed by atoms with Gasteiger partial charge in [0.2, 0.25) is 17.7 Å². The van der Waals surface area contributed by atoms with Crippen molar-refractivity contribution in [1.29, 1.82) is 0 Å². The van der Waals surface area contributed by atoms with Gasteiger partial charge in [-0.15, -0.1) is 21.5 Å². The van der Waals surface area contributed by atoms with Gasteiger partial charge in [0.05, 0.1) is 12.2 Å². The van der Waals surface area contributed by atoms with Crippen LogP contribution in [0.2, 0.25) is 0 Å². The van der Waals surface area contributed by atoms with E-state index in [2.05, 4.69) is 10.2 Å². The number of nitrogens with zero attached hydrogens (tertiary/aromatic N) is 4. The number of anilines is 1. The summed E-state index contributed by atoms with van der Waals surface area (Å²) in [5.41, 5.74) is 4.29. The highest BCUT2D eigenvalue weighted by atomic mass is 32.1. The number of fused-ring (bicyclic) bond motifs is 1. The number of hydrogen-bond acceptors (Lipinski definition) is 6. The first-order valence-electron chi connectivity index (χ1n) is 11.4. The zero-order valence-electron chi connectivity index (χ0n) is 18.7. The van der Waals surface area contributed by atoms with Crippen LogP contribution >= 0.6 is 11.3 Å². The number of rotatable bonds is 7. The summed E-state index contributed by atoms with van der Waals surface area (Å²) in [5.74, 6) is 0.961. The Hall–Kier alpha value is -3.32. The summed E-state index contributed by atoms with van der Waals surface area (Å²) < 4.78 is 5.82. The van der Waals surface area contributed by atoms with Crippen molar-refractivity contribution < 1.29 is 9.21 Å². The van der Waals surface area contributed by atoms with Gasteiger partial charge in [0.1, 0.15) is 0 Å². The normalized spacial score (nSPS) is 13.0. The second-order valence-corrected chi connectivity index (χ2v) is 9.47. The van der Waals surface area contributed by atoms with E-state index in [0.29, 0.717) is 24.7 Å². The molecule has 0 bridgehead atoms. The number of benzene rings is 2. The second-order valence-electron chi connectivity index (χ2n) is 8.41. The lowest BCUT2D eigenvalue weighted by Crippen LogP contribution is -2.30. The Bertz CT molecular complexity index is 1210. The third kappa shape index (κ3) is 5.03. The molecule has 2 aromatic carbocycles. The van der Waals surface area contributed by atoms with Crippen LogP contribution in [0.4, 0.5) is 5.13 Å². The molecule has 2 heterocycles. The van der Waals surface area contributed by atoms with E-state index in [1.54, 1.807) is 11.3 Å². The van der Waals surface area contributed by atoms with Gasteiger partial charge in [0, 0.05) is 23.3 Å². The average Bonchev–Trinajstić information content (AvgIpc) is 3.49. The van der Waals surface area contributed by atoms with Gasteiger partial charge in [0.25, 0.3) is 0 Å². The molecule has 0 aliphatic heterocycles. The first-order chi connectivity index (χ1) is 16.2. The molecule has 33 heavy (non-hydrogen) atoms. The van der Waals surface area contributed by atoms with Crippen LogP contribution in [0, 0.1) is 6.92 Å². The van der Waals surface area contributed by atoms with Gasteiger partial charge in [-0.2, -0.15) is 0 Å². The Morgan fingerprint density at radius 2 is 1.82 bits per heavy atom. The molecular weight excluding hydrogens is 432 g/mol. The average molecular weight is 459 g/mol. The standard InChI is InChI=1S/C26H26N4O2S/c1-18-11-13-20(14-12-18)25-29-28-23(32-25)15-16-24(31)30(17-19-7-3-2-4-8-19)26-27-21-9-5-6-10-22(21)33-26/h2-4,7-8,11-14H,5-6,9-10,15-17H2,1H3. The molecular formula is C26H26N4O2S. The van der Waals surface area contributed by atoms with Crippen LogP contribution in [-0.2, 0) is 30.6 Å². The Balaban J connectivity index is 1.32. The summed E-state index contributed by atoms with van der Waals surface area (Å²) in [6.45, 7) is 2.54. The molecule has 6 nitrogen and oxygen atoms in total. The molecule has 2 aromatic heterocycles. The molecule has 0 saturated carbocycles. The third-order valence-electron chi connectivity index (χ3n) is 5.87. The van der Waals surface area contributed by atoms with Crippen molar-refractivity contribution in [3.8, 4) is 11.5 Å². The molecule has 5 rings (SSSR count). The highest BCUT2D eigenvalue weighted by Gasteiger charge is 2.24. The van der Waals surface area contributed by atoms with E-state index in [0.717, 1.165) is 34.8 Å². The lowest BCUT2D eigenvalue weighted by Gasteiger charge is -2.20. The van der Waals surface area contributed by atoms with E-state index in [4.69, 9.17) is 9.40 Å². The molecule has 0 radical (unpaired) electrons. The zero-order valence-corrected chi connectivity index (χ0v) is 19.5. The van der Waals surface area contributed by atoms with E-state index < -0.39 is 0 Å². The van der Waals surface area contributed by atoms with Crippen molar-refractivity contribution in [2.75, 3.05) is 4.90 Å². The summed E-state index contributed by atoms with van der Waals surface area (Å²) >= 11 is 1.66. The molecule has 1 amide bonds. The van der Waals surface area contributed by atoms with Gasteiger partial charge in [-0.3, -0.25) is 9.69 Å². The maximum atomic E-state index is 13.4. The van der Waals surface area contributed by atoms with Crippen molar-refractivity contribution >= 4 is 22.4 Å². The predicted molar refractivity (Wildman–Crippen MR) is 129 cm³/mol. The smallest absolute Gasteiger partial charge is 0.247 e. The van der Waals surface area contributed by atoms with Gasteiger partial charge in [0.15, 0.2) is 5.13 Å². The van der Waals surface area contributed by atoms with Crippen molar-refractivity contribution in [3.63, 3.8) is 0 Å².